The van der Waals surface area contributed by atoms with E-state index in [0.29, 0.717) is 12.0 Å². The van der Waals surface area contributed by atoms with E-state index in [1.807, 2.05) is 7.05 Å². The van der Waals surface area contributed by atoms with E-state index in [4.69, 9.17) is 10.5 Å². The lowest BCUT2D eigenvalue weighted by Crippen LogP contribution is -2.44. The van der Waals surface area contributed by atoms with Crippen LogP contribution in [-0.4, -0.2) is 44.2 Å². The molecule has 0 spiro atoms. The highest BCUT2D eigenvalue weighted by molar-refractivity contribution is 5.77. The average molecular weight is 186 g/mol. The normalized spacial score (nSPS) is 26.7. The van der Waals surface area contributed by atoms with Gasteiger partial charge in [-0.3, -0.25) is 4.79 Å². The third-order valence-corrected chi connectivity index (χ3v) is 2.50. The molecule has 1 aliphatic rings. The molecule has 0 aromatic carbocycles. The summed E-state index contributed by atoms with van der Waals surface area (Å²) in [7, 11) is 3.34. The Morgan fingerprint density at radius 3 is 2.69 bits per heavy atom. The average Bonchev–Trinajstić information content (AvgIpc) is 2.02. The Hall–Kier alpha value is -0.610. The van der Waals surface area contributed by atoms with Crippen LogP contribution in [0.15, 0.2) is 0 Å². The molecule has 0 aliphatic heterocycles. The Kier molecular flexibility index (Phi) is 3.69. The van der Waals surface area contributed by atoms with Gasteiger partial charge in [0.15, 0.2) is 0 Å². The van der Waals surface area contributed by atoms with E-state index in [0.717, 1.165) is 19.4 Å². The minimum atomic E-state index is 0.0444. The van der Waals surface area contributed by atoms with E-state index in [1.165, 1.54) is 7.11 Å². The zero-order chi connectivity index (χ0) is 9.84. The molecule has 1 rings (SSSR count). The summed E-state index contributed by atoms with van der Waals surface area (Å²) < 4.78 is 4.76. The molecule has 76 valence electrons. The fraction of sp³-hybridized carbons (Fsp3) is 0.889. The van der Waals surface area contributed by atoms with Crippen LogP contribution in [0.5, 0.6) is 0 Å². The SMILES string of the molecule is COCC(=O)N(C)CC1CC(N)C1. The maximum atomic E-state index is 11.3. The molecular formula is C9H18N2O2. The van der Waals surface area contributed by atoms with Crippen molar-refractivity contribution in [2.75, 3.05) is 27.3 Å². The number of carbonyl (C=O) groups is 1. The van der Waals surface area contributed by atoms with E-state index < -0.39 is 0 Å². The largest absolute Gasteiger partial charge is 0.375 e. The second-order valence-corrected chi connectivity index (χ2v) is 3.80. The van der Waals surface area contributed by atoms with Crippen LogP contribution >= 0.6 is 0 Å². The van der Waals surface area contributed by atoms with Gasteiger partial charge in [-0.05, 0) is 18.8 Å². The van der Waals surface area contributed by atoms with Crippen LogP contribution in [0.3, 0.4) is 0 Å². The monoisotopic (exact) mass is 186 g/mol. The summed E-state index contributed by atoms with van der Waals surface area (Å²) in [4.78, 5) is 13.0. The van der Waals surface area contributed by atoms with Crippen LogP contribution < -0.4 is 5.73 Å². The molecule has 0 atom stereocenters. The van der Waals surface area contributed by atoms with E-state index >= 15 is 0 Å². The first-order chi connectivity index (χ1) is 6.13. The highest BCUT2D eigenvalue weighted by atomic mass is 16.5. The molecule has 1 amide bonds. The van der Waals surface area contributed by atoms with Crippen LogP contribution in [0.25, 0.3) is 0 Å². The summed E-state index contributed by atoms with van der Waals surface area (Å²) in [6, 6.07) is 0.357. The maximum Gasteiger partial charge on any atom is 0.248 e. The van der Waals surface area contributed by atoms with Crippen LogP contribution in [-0.2, 0) is 9.53 Å². The van der Waals surface area contributed by atoms with Gasteiger partial charge in [0.25, 0.3) is 0 Å². The van der Waals surface area contributed by atoms with Gasteiger partial charge in [0.05, 0.1) is 0 Å². The van der Waals surface area contributed by atoms with Crippen molar-refractivity contribution in [3.8, 4) is 0 Å². The van der Waals surface area contributed by atoms with Crippen molar-refractivity contribution in [1.29, 1.82) is 0 Å². The van der Waals surface area contributed by atoms with Gasteiger partial charge in [-0.2, -0.15) is 0 Å². The number of likely N-dealkylation sites (N-methyl/N-ethyl adjacent to an activating group) is 1. The molecule has 0 bridgehead atoms. The summed E-state index contributed by atoms with van der Waals surface area (Å²) >= 11 is 0. The highest BCUT2D eigenvalue weighted by Gasteiger charge is 2.27. The molecule has 0 aromatic heterocycles. The molecule has 4 heteroatoms. The summed E-state index contributed by atoms with van der Waals surface area (Å²) in [5.41, 5.74) is 5.65. The molecule has 0 radical (unpaired) electrons. The maximum absolute atomic E-state index is 11.3. The molecular weight excluding hydrogens is 168 g/mol. The second-order valence-electron chi connectivity index (χ2n) is 3.80. The summed E-state index contributed by atoms with van der Waals surface area (Å²) in [5.74, 6) is 0.642. The van der Waals surface area contributed by atoms with Gasteiger partial charge >= 0.3 is 0 Å². The molecule has 1 saturated carbocycles. The Labute approximate surface area is 79.0 Å². The summed E-state index contributed by atoms with van der Waals surface area (Å²) in [5, 5.41) is 0. The number of carbonyl (C=O) groups excluding carboxylic acids is 1. The first-order valence-corrected chi connectivity index (χ1v) is 4.62. The summed E-state index contributed by atoms with van der Waals surface area (Å²) in [6.45, 7) is 0.991. The molecule has 1 aliphatic carbocycles. The van der Waals surface area contributed by atoms with Gasteiger partial charge in [-0.15, -0.1) is 0 Å². The summed E-state index contributed by atoms with van der Waals surface area (Å²) in [6.07, 6.45) is 2.09. The smallest absolute Gasteiger partial charge is 0.248 e. The van der Waals surface area contributed by atoms with Gasteiger partial charge in [-0.25, -0.2) is 0 Å². The number of methoxy groups -OCH3 is 1. The predicted molar refractivity (Wildman–Crippen MR) is 50.2 cm³/mol. The third-order valence-electron chi connectivity index (χ3n) is 2.50. The number of rotatable bonds is 4. The van der Waals surface area contributed by atoms with Gasteiger partial charge in [0, 0.05) is 26.7 Å². The van der Waals surface area contributed by atoms with Crippen LogP contribution in [0.4, 0.5) is 0 Å². The van der Waals surface area contributed by atoms with Gasteiger partial charge in [0.1, 0.15) is 6.61 Å². The number of nitrogens with zero attached hydrogens (tertiary/aromatic N) is 1. The fourth-order valence-corrected chi connectivity index (χ4v) is 1.66. The van der Waals surface area contributed by atoms with E-state index in [9.17, 15) is 4.79 Å². The van der Waals surface area contributed by atoms with Crippen molar-refractivity contribution < 1.29 is 9.53 Å². The number of nitrogens with two attached hydrogens (primary N) is 1. The molecule has 0 aromatic rings. The van der Waals surface area contributed by atoms with Crippen molar-refractivity contribution >= 4 is 5.91 Å². The minimum Gasteiger partial charge on any atom is -0.375 e. The Bertz CT molecular complexity index is 178. The minimum absolute atomic E-state index is 0.0444. The van der Waals surface area contributed by atoms with Crippen LogP contribution in [0, 0.1) is 5.92 Å². The predicted octanol–water partition coefficient (Wildman–Crippen LogP) is -0.171. The molecule has 0 unspecified atom stereocenters. The van der Waals surface area contributed by atoms with Crippen molar-refractivity contribution in [1.82, 2.24) is 4.90 Å². The molecule has 0 saturated heterocycles. The first kappa shape index (κ1) is 10.5. The van der Waals surface area contributed by atoms with Crippen molar-refractivity contribution in [3.63, 3.8) is 0 Å². The second kappa shape index (κ2) is 4.58. The van der Waals surface area contributed by atoms with Crippen molar-refractivity contribution in [3.05, 3.63) is 0 Å². The molecule has 0 heterocycles. The van der Waals surface area contributed by atoms with Crippen molar-refractivity contribution in [2.45, 2.75) is 18.9 Å². The van der Waals surface area contributed by atoms with Crippen LogP contribution in [0.2, 0.25) is 0 Å². The van der Waals surface area contributed by atoms with E-state index in [-0.39, 0.29) is 12.5 Å². The van der Waals surface area contributed by atoms with Crippen LogP contribution in [0.1, 0.15) is 12.8 Å². The van der Waals surface area contributed by atoms with E-state index in [1.54, 1.807) is 4.90 Å². The van der Waals surface area contributed by atoms with Gasteiger partial charge in [-0.1, -0.05) is 0 Å². The fourth-order valence-electron chi connectivity index (χ4n) is 1.66. The molecule has 4 nitrogen and oxygen atoms in total. The quantitative estimate of drug-likeness (QED) is 0.663. The lowest BCUT2D eigenvalue weighted by atomic mass is 9.80. The number of hydrogen-bond acceptors (Lipinski definition) is 3. The Morgan fingerprint density at radius 1 is 1.62 bits per heavy atom. The van der Waals surface area contributed by atoms with E-state index in [2.05, 4.69) is 0 Å². The molecule has 2 N–H and O–H groups in total. The zero-order valence-electron chi connectivity index (χ0n) is 8.32. The zero-order valence-corrected chi connectivity index (χ0v) is 8.32. The standard InChI is InChI=1S/C9H18N2O2/c1-11(9(12)6-13-2)5-7-3-8(10)4-7/h7-8H,3-6,10H2,1-2H3. The number of ether oxygens (including phenoxy) is 1. The Balaban J connectivity index is 2.17. The number of amides is 1. The number of hydrogen-bond donors (Lipinski definition) is 1. The topological polar surface area (TPSA) is 55.6 Å². The van der Waals surface area contributed by atoms with Gasteiger partial charge in [0.2, 0.25) is 5.91 Å². The molecule has 1 fully saturated rings. The van der Waals surface area contributed by atoms with Crippen molar-refractivity contribution in [2.24, 2.45) is 11.7 Å². The lowest BCUT2D eigenvalue weighted by Gasteiger charge is -2.35. The molecule has 13 heavy (non-hydrogen) atoms. The van der Waals surface area contributed by atoms with Gasteiger partial charge < -0.3 is 15.4 Å². The Morgan fingerprint density at radius 2 is 2.23 bits per heavy atom. The third kappa shape index (κ3) is 2.97. The lowest BCUT2D eigenvalue weighted by molar-refractivity contribution is -0.134. The highest BCUT2D eigenvalue weighted by Crippen LogP contribution is 2.25. The first-order valence-electron chi connectivity index (χ1n) is 4.62.